The van der Waals surface area contributed by atoms with Gasteiger partial charge in [0.2, 0.25) is 0 Å². The zero-order valence-corrected chi connectivity index (χ0v) is 24.7. The number of carbonyl (C=O) groups is 5. The van der Waals surface area contributed by atoms with Gasteiger partial charge in [-0.2, -0.15) is 0 Å². The minimum atomic E-state index is -3.48. The number of carbonyl (C=O) groups excluding carboxylic acids is 1. The summed E-state index contributed by atoms with van der Waals surface area (Å²) >= 11 is 6.02. The van der Waals surface area contributed by atoms with Crippen LogP contribution in [0.15, 0.2) is 78.9 Å². The third-order valence-electron chi connectivity index (χ3n) is 7.68. The van der Waals surface area contributed by atoms with E-state index in [2.05, 4.69) is 0 Å². The summed E-state index contributed by atoms with van der Waals surface area (Å²) in [5, 5.41) is 39.0. The Kier molecular flexibility index (Phi) is 10.2. The number of benzene rings is 3. The van der Waals surface area contributed by atoms with Crippen molar-refractivity contribution in [2.75, 3.05) is 6.54 Å². The lowest BCUT2D eigenvalue weighted by atomic mass is 9.85. The molecule has 0 spiro atoms. The molecule has 1 amide bonds. The number of hydrogen-bond acceptors (Lipinski definition) is 7. The average Bonchev–Trinajstić information content (AvgIpc) is 3.44. The van der Waals surface area contributed by atoms with Crippen LogP contribution >= 0.6 is 11.6 Å². The van der Waals surface area contributed by atoms with E-state index in [9.17, 15) is 44.4 Å². The average molecular weight is 640 g/mol. The van der Waals surface area contributed by atoms with Crippen LogP contribution in [0, 0.1) is 0 Å². The molecule has 1 aliphatic rings. The molecule has 0 bridgehead atoms. The molecule has 4 unspecified atom stereocenters. The molecule has 1 heterocycles. The second-order valence-electron chi connectivity index (χ2n) is 10.5. The number of aryl methyl sites for hydroxylation is 1. The van der Waals surface area contributed by atoms with Crippen molar-refractivity contribution < 1.29 is 53.9 Å². The van der Waals surface area contributed by atoms with Crippen LogP contribution in [0.3, 0.4) is 0 Å². The van der Waals surface area contributed by atoms with Crippen LogP contribution in [0.25, 0.3) is 11.1 Å². The first-order valence-electron chi connectivity index (χ1n) is 13.8. The van der Waals surface area contributed by atoms with Gasteiger partial charge >= 0.3 is 29.7 Å². The van der Waals surface area contributed by atoms with E-state index in [1.54, 1.807) is 19.1 Å². The Labute approximate surface area is 262 Å². The Bertz CT molecular complexity index is 1550. The summed E-state index contributed by atoms with van der Waals surface area (Å²) in [6, 6.07) is 23.2. The molecule has 0 aliphatic carbocycles. The molecular formula is C32H30ClNO11. The van der Waals surface area contributed by atoms with Crippen molar-refractivity contribution in [2.24, 2.45) is 0 Å². The normalized spacial score (nSPS) is 18.4. The number of nitrogens with zero attached hydrogens (tertiary/aromatic N) is 1. The van der Waals surface area contributed by atoms with Gasteiger partial charge in [-0.3, -0.25) is 9.59 Å². The number of amides is 1. The van der Waals surface area contributed by atoms with Crippen LogP contribution in [0.2, 0.25) is 5.02 Å². The largest absolute Gasteiger partial charge is 0.480 e. The summed E-state index contributed by atoms with van der Waals surface area (Å²) in [5.41, 5.74) is 3.50. The number of carboxylic acid groups (broad SMARTS) is 4. The maximum Gasteiger partial charge on any atom is 0.377 e. The van der Waals surface area contributed by atoms with Gasteiger partial charge in [0.15, 0.2) is 12.2 Å². The van der Waals surface area contributed by atoms with E-state index in [4.69, 9.17) is 21.1 Å². The number of rotatable bonds is 13. The second kappa shape index (κ2) is 13.9. The number of hydrogen-bond donors (Lipinski definition) is 4. The van der Waals surface area contributed by atoms with Crippen molar-refractivity contribution in [1.29, 1.82) is 0 Å². The Morgan fingerprint density at radius 3 is 1.84 bits per heavy atom. The van der Waals surface area contributed by atoms with Crippen molar-refractivity contribution in [3.63, 3.8) is 0 Å². The van der Waals surface area contributed by atoms with E-state index in [0.717, 1.165) is 27.2 Å². The fourth-order valence-electron chi connectivity index (χ4n) is 5.33. The van der Waals surface area contributed by atoms with Crippen LogP contribution in [0.4, 0.5) is 0 Å². The summed E-state index contributed by atoms with van der Waals surface area (Å²) in [5.74, 6) is -12.9. The standard InChI is InChI=1S/C32H30ClNO11/c1-18(34(17-25(35)36)28(37)26-27(29(38)39)45-32(44-26,30(40)41)31(42)43)24(16-7-19-5-3-2-4-6-19)22-10-8-20(9-11-22)21-12-14-23(33)15-13-21/h2-6,8-15,18,24,26-27H,7,16-17H2,1H3,(H,35,36)(H,38,39)(H,40,41)(H,42,43). The zero-order chi connectivity index (χ0) is 32.9. The van der Waals surface area contributed by atoms with Gasteiger partial charge in [-0.05, 0) is 54.2 Å². The van der Waals surface area contributed by atoms with E-state index in [-0.39, 0.29) is 0 Å². The molecule has 0 saturated carbocycles. The van der Waals surface area contributed by atoms with Gasteiger partial charge in [0.1, 0.15) is 6.54 Å². The summed E-state index contributed by atoms with van der Waals surface area (Å²) in [7, 11) is 0. The third-order valence-corrected chi connectivity index (χ3v) is 7.93. The third kappa shape index (κ3) is 7.31. The Hall–Kier alpha value is -4.78. The maximum absolute atomic E-state index is 13.8. The Morgan fingerprint density at radius 1 is 0.800 bits per heavy atom. The number of halogens is 1. The number of carboxylic acids is 4. The quantitative estimate of drug-likeness (QED) is 0.199. The summed E-state index contributed by atoms with van der Waals surface area (Å²) in [4.78, 5) is 62.2. The second-order valence-corrected chi connectivity index (χ2v) is 10.9. The Morgan fingerprint density at radius 2 is 1.33 bits per heavy atom. The van der Waals surface area contributed by atoms with Gasteiger partial charge in [-0.25, -0.2) is 14.4 Å². The summed E-state index contributed by atoms with van der Waals surface area (Å²) < 4.78 is 9.80. The molecule has 236 valence electrons. The molecule has 1 fully saturated rings. The molecule has 1 saturated heterocycles. The van der Waals surface area contributed by atoms with Crippen LogP contribution in [0.1, 0.15) is 30.4 Å². The number of aliphatic carboxylic acids is 4. The monoisotopic (exact) mass is 639 g/mol. The topological polar surface area (TPSA) is 188 Å². The van der Waals surface area contributed by atoms with E-state index in [1.165, 1.54) is 0 Å². The van der Waals surface area contributed by atoms with Crippen LogP contribution < -0.4 is 0 Å². The van der Waals surface area contributed by atoms with Crippen LogP contribution in [-0.4, -0.2) is 85.7 Å². The fraction of sp³-hybridized carbons (Fsp3) is 0.281. The first-order chi connectivity index (χ1) is 21.3. The molecule has 4 N–H and O–H groups in total. The SMILES string of the molecule is CC(C(CCc1ccccc1)c1ccc(-c2ccc(Cl)cc2)cc1)N(CC(=O)O)C(=O)C1OC(C(=O)O)(C(=O)O)OC1C(=O)O. The van der Waals surface area contributed by atoms with Gasteiger partial charge in [0.25, 0.3) is 5.91 Å². The molecule has 4 atom stereocenters. The highest BCUT2D eigenvalue weighted by atomic mass is 35.5. The minimum absolute atomic E-state index is 0.424. The van der Waals surface area contributed by atoms with Crippen LogP contribution in [-0.2, 0) is 39.9 Å². The molecular weight excluding hydrogens is 610 g/mol. The summed E-state index contributed by atoms with van der Waals surface area (Å²) in [6.45, 7) is 0.668. The van der Waals surface area contributed by atoms with Crippen molar-refractivity contribution >= 4 is 41.4 Å². The molecule has 0 aromatic heterocycles. The highest BCUT2D eigenvalue weighted by molar-refractivity contribution is 6.30. The maximum atomic E-state index is 13.8. The predicted octanol–water partition coefficient (Wildman–Crippen LogP) is 3.76. The van der Waals surface area contributed by atoms with Crippen LogP contribution in [0.5, 0.6) is 0 Å². The highest BCUT2D eigenvalue weighted by Gasteiger charge is 2.64. The lowest BCUT2D eigenvalue weighted by Crippen LogP contribution is -2.53. The molecule has 3 aromatic carbocycles. The smallest absolute Gasteiger partial charge is 0.377 e. The summed E-state index contributed by atoms with van der Waals surface area (Å²) in [6.07, 6.45) is -3.65. The van der Waals surface area contributed by atoms with Crippen molar-refractivity contribution in [3.05, 3.63) is 95.0 Å². The van der Waals surface area contributed by atoms with Gasteiger partial charge in [-0.15, -0.1) is 0 Å². The van der Waals surface area contributed by atoms with Gasteiger partial charge in [-0.1, -0.05) is 78.3 Å². The van der Waals surface area contributed by atoms with Gasteiger partial charge in [0, 0.05) is 17.0 Å². The van der Waals surface area contributed by atoms with Crippen molar-refractivity contribution in [3.8, 4) is 11.1 Å². The molecule has 13 heteroatoms. The molecule has 0 radical (unpaired) electrons. The van der Waals surface area contributed by atoms with E-state index in [1.807, 2.05) is 66.7 Å². The lowest BCUT2D eigenvalue weighted by molar-refractivity contribution is -0.221. The lowest BCUT2D eigenvalue weighted by Gasteiger charge is -2.36. The molecule has 4 rings (SSSR count). The van der Waals surface area contributed by atoms with E-state index >= 15 is 0 Å². The van der Waals surface area contributed by atoms with Crippen molar-refractivity contribution in [2.45, 2.75) is 49.7 Å². The Balaban J connectivity index is 1.71. The van der Waals surface area contributed by atoms with Crippen molar-refractivity contribution in [1.82, 2.24) is 4.90 Å². The highest BCUT2D eigenvalue weighted by Crippen LogP contribution is 2.35. The molecule has 45 heavy (non-hydrogen) atoms. The first kappa shape index (κ1) is 33.1. The fourth-order valence-corrected chi connectivity index (χ4v) is 5.46. The van der Waals surface area contributed by atoms with Gasteiger partial charge < -0.3 is 34.8 Å². The molecule has 12 nitrogen and oxygen atoms in total. The van der Waals surface area contributed by atoms with Gasteiger partial charge in [0.05, 0.1) is 0 Å². The first-order valence-corrected chi connectivity index (χ1v) is 14.2. The zero-order valence-electron chi connectivity index (χ0n) is 23.9. The predicted molar refractivity (Wildman–Crippen MR) is 159 cm³/mol. The number of ether oxygens (including phenoxy) is 2. The molecule has 1 aliphatic heterocycles. The van der Waals surface area contributed by atoms with E-state index < -0.39 is 66.3 Å². The minimum Gasteiger partial charge on any atom is -0.480 e. The molecule has 3 aromatic rings. The van der Waals surface area contributed by atoms with E-state index in [0.29, 0.717) is 17.9 Å².